The molecule has 1 unspecified atom stereocenters. The Bertz CT molecular complexity index is 216. The van der Waals surface area contributed by atoms with E-state index < -0.39 is 12.0 Å². The Morgan fingerprint density at radius 1 is 1.43 bits per heavy atom. The summed E-state index contributed by atoms with van der Waals surface area (Å²) in [4.78, 5) is 23.3. The van der Waals surface area contributed by atoms with Crippen molar-refractivity contribution in [2.45, 2.75) is 26.3 Å². The largest absolute Gasteiger partial charge is 0.480 e. The van der Waals surface area contributed by atoms with E-state index in [2.05, 4.69) is 0 Å². The molecule has 0 aromatic carbocycles. The average molecular weight is 202 g/mol. The predicted molar refractivity (Wildman–Crippen MR) is 52.7 cm³/mol. The summed E-state index contributed by atoms with van der Waals surface area (Å²) in [6.45, 7) is 4.59. The highest BCUT2D eigenvalue weighted by Crippen LogP contribution is 2.00. The van der Waals surface area contributed by atoms with Gasteiger partial charge >= 0.3 is 5.97 Å². The first-order chi connectivity index (χ1) is 6.34. The second kappa shape index (κ2) is 5.59. The van der Waals surface area contributed by atoms with Gasteiger partial charge < -0.3 is 15.7 Å². The predicted octanol–water partition coefficient (Wildman–Crippen LogP) is -0.0972. The maximum Gasteiger partial charge on any atom is 0.321 e. The first-order valence-corrected chi connectivity index (χ1v) is 4.57. The molecule has 14 heavy (non-hydrogen) atoms. The SMILES string of the molecule is CC(C)CN(C)C(=O)CC(N)C(=O)O. The van der Waals surface area contributed by atoms with Gasteiger partial charge in [-0.25, -0.2) is 0 Å². The number of carboxylic acid groups (broad SMARTS) is 1. The number of rotatable bonds is 5. The Labute approximate surface area is 83.9 Å². The molecule has 5 heteroatoms. The van der Waals surface area contributed by atoms with Gasteiger partial charge in [-0.1, -0.05) is 13.8 Å². The molecule has 0 radical (unpaired) electrons. The Kier molecular flexibility index (Phi) is 5.15. The molecule has 0 saturated heterocycles. The molecule has 0 aliphatic rings. The summed E-state index contributed by atoms with van der Waals surface area (Å²) in [6, 6.07) is -1.10. The number of nitrogens with zero attached hydrogens (tertiary/aromatic N) is 1. The Morgan fingerprint density at radius 3 is 2.29 bits per heavy atom. The summed E-state index contributed by atoms with van der Waals surface area (Å²) in [5.74, 6) is -1.00. The van der Waals surface area contributed by atoms with Crippen molar-refractivity contribution < 1.29 is 14.7 Å². The van der Waals surface area contributed by atoms with Crippen LogP contribution in [0.4, 0.5) is 0 Å². The minimum Gasteiger partial charge on any atom is -0.480 e. The van der Waals surface area contributed by atoms with Crippen molar-refractivity contribution in [3.63, 3.8) is 0 Å². The van der Waals surface area contributed by atoms with Crippen molar-refractivity contribution in [1.29, 1.82) is 0 Å². The number of amides is 1. The molecule has 0 aliphatic heterocycles. The van der Waals surface area contributed by atoms with Crippen LogP contribution in [0.1, 0.15) is 20.3 Å². The van der Waals surface area contributed by atoms with Crippen LogP contribution in [0.3, 0.4) is 0 Å². The van der Waals surface area contributed by atoms with Crippen LogP contribution in [0, 0.1) is 5.92 Å². The quantitative estimate of drug-likeness (QED) is 0.652. The Hall–Kier alpha value is -1.10. The number of carbonyl (C=O) groups is 2. The van der Waals surface area contributed by atoms with Gasteiger partial charge in [-0.15, -0.1) is 0 Å². The number of hydrogen-bond acceptors (Lipinski definition) is 3. The third-order valence-corrected chi connectivity index (χ3v) is 1.78. The van der Waals surface area contributed by atoms with Crippen LogP contribution < -0.4 is 5.73 Å². The van der Waals surface area contributed by atoms with Crippen molar-refractivity contribution in [2.75, 3.05) is 13.6 Å². The zero-order valence-electron chi connectivity index (χ0n) is 8.86. The first kappa shape index (κ1) is 12.9. The van der Waals surface area contributed by atoms with E-state index in [1.54, 1.807) is 7.05 Å². The van der Waals surface area contributed by atoms with Gasteiger partial charge in [-0.2, -0.15) is 0 Å². The molecule has 5 nitrogen and oxygen atoms in total. The molecule has 0 aliphatic carbocycles. The Balaban J connectivity index is 4.01. The van der Waals surface area contributed by atoms with E-state index >= 15 is 0 Å². The fourth-order valence-corrected chi connectivity index (χ4v) is 1.08. The van der Waals surface area contributed by atoms with Crippen molar-refractivity contribution in [1.82, 2.24) is 4.90 Å². The lowest BCUT2D eigenvalue weighted by Gasteiger charge is -2.20. The number of carbonyl (C=O) groups excluding carboxylic acids is 1. The average Bonchev–Trinajstić information content (AvgIpc) is 2.02. The molecule has 0 aromatic rings. The number of carboxylic acids is 1. The van der Waals surface area contributed by atoms with Crippen LogP contribution in [-0.2, 0) is 9.59 Å². The smallest absolute Gasteiger partial charge is 0.321 e. The van der Waals surface area contributed by atoms with E-state index in [0.717, 1.165) is 0 Å². The van der Waals surface area contributed by atoms with E-state index in [1.165, 1.54) is 4.90 Å². The second-order valence-electron chi connectivity index (χ2n) is 3.82. The standard InChI is InChI=1S/C9H18N2O3/c1-6(2)5-11(3)8(12)4-7(10)9(13)14/h6-7H,4-5,10H2,1-3H3,(H,13,14). The highest BCUT2D eigenvalue weighted by molar-refractivity contribution is 5.84. The minimum atomic E-state index is -1.14. The summed E-state index contributed by atoms with van der Waals surface area (Å²) in [6.07, 6.45) is -0.140. The van der Waals surface area contributed by atoms with Crippen LogP contribution in [0.5, 0.6) is 0 Å². The zero-order valence-corrected chi connectivity index (χ0v) is 8.86. The lowest BCUT2D eigenvalue weighted by Crippen LogP contribution is -2.39. The second-order valence-corrected chi connectivity index (χ2v) is 3.82. The molecular formula is C9H18N2O3. The van der Waals surface area contributed by atoms with Crippen molar-refractivity contribution >= 4 is 11.9 Å². The molecule has 82 valence electrons. The monoisotopic (exact) mass is 202 g/mol. The van der Waals surface area contributed by atoms with Gasteiger partial charge in [0.15, 0.2) is 0 Å². The van der Waals surface area contributed by atoms with E-state index in [9.17, 15) is 9.59 Å². The van der Waals surface area contributed by atoms with Crippen LogP contribution >= 0.6 is 0 Å². The van der Waals surface area contributed by atoms with Gasteiger partial charge in [0.2, 0.25) is 5.91 Å². The molecule has 3 N–H and O–H groups in total. The molecule has 0 heterocycles. The maximum absolute atomic E-state index is 11.4. The van der Waals surface area contributed by atoms with Crippen molar-refractivity contribution in [2.24, 2.45) is 11.7 Å². The highest BCUT2D eigenvalue weighted by atomic mass is 16.4. The van der Waals surface area contributed by atoms with Crippen molar-refractivity contribution in [3.8, 4) is 0 Å². The number of aliphatic carboxylic acids is 1. The summed E-state index contributed by atoms with van der Waals surface area (Å²) in [5, 5.41) is 8.50. The molecule has 1 atom stereocenters. The topological polar surface area (TPSA) is 83.6 Å². The normalized spacial score (nSPS) is 12.6. The van der Waals surface area contributed by atoms with Gasteiger partial charge in [0, 0.05) is 13.6 Å². The zero-order chi connectivity index (χ0) is 11.3. The van der Waals surface area contributed by atoms with Crippen LogP contribution in [0.25, 0.3) is 0 Å². The van der Waals surface area contributed by atoms with Gasteiger partial charge in [0.05, 0.1) is 6.42 Å². The fraction of sp³-hybridized carbons (Fsp3) is 0.778. The maximum atomic E-state index is 11.4. The molecule has 0 fully saturated rings. The van der Waals surface area contributed by atoms with Crippen LogP contribution in [0.2, 0.25) is 0 Å². The summed E-state index contributed by atoms with van der Waals surface area (Å²) >= 11 is 0. The van der Waals surface area contributed by atoms with Crippen LogP contribution in [-0.4, -0.2) is 41.5 Å². The molecule has 1 amide bonds. The summed E-state index contributed by atoms with van der Waals surface area (Å²) < 4.78 is 0. The lowest BCUT2D eigenvalue weighted by atomic mass is 10.1. The van der Waals surface area contributed by atoms with Gasteiger partial charge in [-0.05, 0) is 5.92 Å². The third kappa shape index (κ3) is 4.81. The summed E-state index contributed by atoms with van der Waals surface area (Å²) in [5.41, 5.74) is 5.24. The summed E-state index contributed by atoms with van der Waals surface area (Å²) in [7, 11) is 1.65. The fourth-order valence-electron chi connectivity index (χ4n) is 1.08. The van der Waals surface area contributed by atoms with Gasteiger partial charge in [0.1, 0.15) is 6.04 Å². The van der Waals surface area contributed by atoms with E-state index in [-0.39, 0.29) is 12.3 Å². The Morgan fingerprint density at radius 2 is 1.93 bits per heavy atom. The number of nitrogens with two attached hydrogens (primary N) is 1. The molecule has 0 rings (SSSR count). The lowest BCUT2D eigenvalue weighted by molar-refractivity contribution is -0.142. The van der Waals surface area contributed by atoms with Gasteiger partial charge in [0.25, 0.3) is 0 Å². The molecule has 0 saturated carbocycles. The molecule has 0 aromatic heterocycles. The highest BCUT2D eigenvalue weighted by Gasteiger charge is 2.19. The van der Waals surface area contributed by atoms with Crippen molar-refractivity contribution in [3.05, 3.63) is 0 Å². The van der Waals surface area contributed by atoms with E-state index in [0.29, 0.717) is 12.5 Å². The molecular weight excluding hydrogens is 184 g/mol. The molecule has 0 spiro atoms. The van der Waals surface area contributed by atoms with E-state index in [4.69, 9.17) is 10.8 Å². The number of hydrogen-bond donors (Lipinski definition) is 2. The van der Waals surface area contributed by atoms with Crippen LogP contribution in [0.15, 0.2) is 0 Å². The molecule has 0 bridgehead atoms. The third-order valence-electron chi connectivity index (χ3n) is 1.78. The van der Waals surface area contributed by atoms with E-state index in [1.807, 2.05) is 13.8 Å². The van der Waals surface area contributed by atoms with Gasteiger partial charge in [-0.3, -0.25) is 9.59 Å². The first-order valence-electron chi connectivity index (χ1n) is 4.57. The minimum absolute atomic E-state index is 0.140.